The Labute approximate surface area is 96.3 Å². The van der Waals surface area contributed by atoms with Crippen molar-refractivity contribution in [2.45, 2.75) is 19.9 Å². The Balaban J connectivity index is 2.47. The maximum Gasteiger partial charge on any atom is 0.224 e. The van der Waals surface area contributed by atoms with E-state index in [1.54, 1.807) is 0 Å². The van der Waals surface area contributed by atoms with E-state index in [9.17, 15) is 0 Å². The van der Waals surface area contributed by atoms with Crippen molar-refractivity contribution in [3.05, 3.63) is 11.3 Å². The standard InChI is InChI=1S/C11H19N5/c1-4-16(3)10-8-7-13-6-5-9(8)14-11(12-2)15-10/h13H,4-7H2,1-3H3,(H,12,14,15). The van der Waals surface area contributed by atoms with Gasteiger partial charge in [-0.25, -0.2) is 4.98 Å². The highest BCUT2D eigenvalue weighted by atomic mass is 15.2. The number of hydrogen-bond donors (Lipinski definition) is 2. The van der Waals surface area contributed by atoms with Crippen molar-refractivity contribution in [3.63, 3.8) is 0 Å². The molecule has 0 bridgehead atoms. The molecule has 5 nitrogen and oxygen atoms in total. The molecule has 0 saturated carbocycles. The van der Waals surface area contributed by atoms with E-state index >= 15 is 0 Å². The molecule has 0 radical (unpaired) electrons. The van der Waals surface area contributed by atoms with Crippen molar-refractivity contribution in [1.82, 2.24) is 15.3 Å². The SMILES string of the molecule is CCN(C)c1nc(NC)nc2c1CNCC2. The fourth-order valence-electron chi connectivity index (χ4n) is 1.90. The zero-order valence-electron chi connectivity index (χ0n) is 10.2. The summed E-state index contributed by atoms with van der Waals surface area (Å²) in [5.41, 5.74) is 2.42. The molecule has 16 heavy (non-hydrogen) atoms. The number of aromatic nitrogens is 2. The first-order valence-corrected chi connectivity index (χ1v) is 5.75. The summed E-state index contributed by atoms with van der Waals surface area (Å²) in [6, 6.07) is 0. The molecule has 88 valence electrons. The van der Waals surface area contributed by atoms with Crippen LogP contribution in [0.4, 0.5) is 11.8 Å². The maximum absolute atomic E-state index is 4.54. The Morgan fingerprint density at radius 2 is 2.25 bits per heavy atom. The molecule has 0 atom stereocenters. The smallest absolute Gasteiger partial charge is 0.224 e. The zero-order valence-corrected chi connectivity index (χ0v) is 10.2. The Kier molecular flexibility index (Phi) is 3.24. The van der Waals surface area contributed by atoms with Crippen LogP contribution < -0.4 is 15.5 Å². The van der Waals surface area contributed by atoms with Crippen LogP contribution in [0.5, 0.6) is 0 Å². The molecule has 0 aromatic carbocycles. The van der Waals surface area contributed by atoms with E-state index in [0.29, 0.717) is 0 Å². The predicted molar refractivity (Wildman–Crippen MR) is 65.9 cm³/mol. The lowest BCUT2D eigenvalue weighted by Gasteiger charge is -2.25. The molecular weight excluding hydrogens is 202 g/mol. The van der Waals surface area contributed by atoms with Crippen LogP contribution in [0.2, 0.25) is 0 Å². The topological polar surface area (TPSA) is 53.1 Å². The van der Waals surface area contributed by atoms with Gasteiger partial charge in [-0.1, -0.05) is 0 Å². The molecule has 0 spiro atoms. The fraction of sp³-hybridized carbons (Fsp3) is 0.636. The molecule has 1 aliphatic rings. The van der Waals surface area contributed by atoms with E-state index in [-0.39, 0.29) is 0 Å². The number of rotatable bonds is 3. The van der Waals surface area contributed by atoms with Gasteiger partial charge in [0, 0.05) is 45.7 Å². The summed E-state index contributed by atoms with van der Waals surface area (Å²) < 4.78 is 0. The Morgan fingerprint density at radius 3 is 2.94 bits per heavy atom. The quantitative estimate of drug-likeness (QED) is 0.783. The zero-order chi connectivity index (χ0) is 11.5. The van der Waals surface area contributed by atoms with E-state index in [4.69, 9.17) is 0 Å². The highest BCUT2D eigenvalue weighted by Gasteiger charge is 2.18. The van der Waals surface area contributed by atoms with Gasteiger partial charge in [0.15, 0.2) is 0 Å². The molecule has 2 N–H and O–H groups in total. The van der Waals surface area contributed by atoms with E-state index in [2.05, 4.69) is 39.5 Å². The molecule has 0 fully saturated rings. The second-order valence-electron chi connectivity index (χ2n) is 3.99. The van der Waals surface area contributed by atoms with Crippen molar-refractivity contribution >= 4 is 11.8 Å². The van der Waals surface area contributed by atoms with Crippen LogP contribution >= 0.6 is 0 Å². The summed E-state index contributed by atoms with van der Waals surface area (Å²) in [4.78, 5) is 11.2. The summed E-state index contributed by atoms with van der Waals surface area (Å²) in [6.07, 6.45) is 0.983. The van der Waals surface area contributed by atoms with Gasteiger partial charge in [-0.15, -0.1) is 0 Å². The molecule has 2 rings (SSSR count). The molecule has 0 amide bonds. The normalized spacial score (nSPS) is 14.4. The minimum Gasteiger partial charge on any atom is -0.360 e. The van der Waals surface area contributed by atoms with Crippen LogP contribution in [0.25, 0.3) is 0 Å². The molecule has 2 heterocycles. The molecule has 0 aliphatic carbocycles. The van der Waals surface area contributed by atoms with Crippen LogP contribution in [0.15, 0.2) is 0 Å². The maximum atomic E-state index is 4.54. The minimum absolute atomic E-state index is 0.718. The van der Waals surface area contributed by atoms with Crippen LogP contribution in [0, 0.1) is 0 Å². The number of anilines is 2. The first-order chi connectivity index (χ1) is 7.76. The molecule has 5 heteroatoms. The second kappa shape index (κ2) is 4.65. The monoisotopic (exact) mass is 221 g/mol. The van der Waals surface area contributed by atoms with Crippen molar-refractivity contribution in [2.24, 2.45) is 0 Å². The largest absolute Gasteiger partial charge is 0.360 e. The third-order valence-electron chi connectivity index (χ3n) is 2.97. The number of nitrogens with zero attached hydrogens (tertiary/aromatic N) is 3. The third-order valence-corrected chi connectivity index (χ3v) is 2.97. The van der Waals surface area contributed by atoms with E-state index in [0.717, 1.165) is 37.8 Å². The summed E-state index contributed by atoms with van der Waals surface area (Å²) >= 11 is 0. The van der Waals surface area contributed by atoms with Crippen molar-refractivity contribution in [3.8, 4) is 0 Å². The summed E-state index contributed by atoms with van der Waals surface area (Å²) in [5, 5.41) is 6.40. The average Bonchev–Trinajstić information content (AvgIpc) is 2.36. The molecule has 0 unspecified atom stereocenters. The fourth-order valence-corrected chi connectivity index (χ4v) is 1.90. The van der Waals surface area contributed by atoms with Crippen LogP contribution in [-0.4, -0.2) is 37.2 Å². The van der Waals surface area contributed by atoms with E-state index < -0.39 is 0 Å². The van der Waals surface area contributed by atoms with Crippen LogP contribution in [-0.2, 0) is 13.0 Å². The van der Waals surface area contributed by atoms with Gasteiger partial charge in [0.05, 0.1) is 5.69 Å². The summed E-state index contributed by atoms with van der Waals surface area (Å²) in [5.74, 6) is 1.76. The highest BCUT2D eigenvalue weighted by Crippen LogP contribution is 2.23. The molecule has 0 saturated heterocycles. The van der Waals surface area contributed by atoms with Gasteiger partial charge in [0.1, 0.15) is 5.82 Å². The van der Waals surface area contributed by atoms with Crippen LogP contribution in [0.3, 0.4) is 0 Å². The Morgan fingerprint density at radius 1 is 1.44 bits per heavy atom. The lowest BCUT2D eigenvalue weighted by atomic mass is 10.1. The molecule has 1 aliphatic heterocycles. The molecular formula is C11H19N5. The van der Waals surface area contributed by atoms with E-state index in [1.807, 2.05) is 7.05 Å². The van der Waals surface area contributed by atoms with E-state index in [1.165, 1.54) is 11.3 Å². The van der Waals surface area contributed by atoms with Gasteiger partial charge >= 0.3 is 0 Å². The van der Waals surface area contributed by atoms with Gasteiger partial charge < -0.3 is 15.5 Å². The van der Waals surface area contributed by atoms with Gasteiger partial charge in [-0.2, -0.15) is 4.98 Å². The summed E-state index contributed by atoms with van der Waals surface area (Å²) in [6.45, 7) is 4.96. The lowest BCUT2D eigenvalue weighted by molar-refractivity contribution is 0.624. The summed E-state index contributed by atoms with van der Waals surface area (Å²) in [7, 11) is 3.93. The van der Waals surface area contributed by atoms with Crippen molar-refractivity contribution in [2.75, 3.05) is 37.4 Å². The minimum atomic E-state index is 0.718. The number of fused-ring (bicyclic) bond motifs is 1. The van der Waals surface area contributed by atoms with Crippen LogP contribution in [0.1, 0.15) is 18.2 Å². The van der Waals surface area contributed by atoms with Crippen molar-refractivity contribution < 1.29 is 0 Å². The number of hydrogen-bond acceptors (Lipinski definition) is 5. The average molecular weight is 221 g/mol. The van der Waals surface area contributed by atoms with Crippen molar-refractivity contribution in [1.29, 1.82) is 0 Å². The first kappa shape index (κ1) is 11.1. The van der Waals surface area contributed by atoms with Gasteiger partial charge in [-0.3, -0.25) is 0 Å². The lowest BCUT2D eigenvalue weighted by Crippen LogP contribution is -2.29. The Bertz CT molecular complexity index is 377. The molecule has 1 aromatic heterocycles. The third kappa shape index (κ3) is 1.95. The second-order valence-corrected chi connectivity index (χ2v) is 3.99. The first-order valence-electron chi connectivity index (χ1n) is 5.75. The van der Waals surface area contributed by atoms with Gasteiger partial charge in [0.2, 0.25) is 5.95 Å². The highest BCUT2D eigenvalue weighted by molar-refractivity contribution is 5.52. The number of nitrogens with one attached hydrogen (secondary N) is 2. The molecule has 1 aromatic rings. The predicted octanol–water partition coefficient (Wildman–Crippen LogP) is 0.620. The Hall–Kier alpha value is -1.36. The van der Waals surface area contributed by atoms with Gasteiger partial charge in [0.25, 0.3) is 0 Å². The van der Waals surface area contributed by atoms with Gasteiger partial charge in [-0.05, 0) is 6.92 Å².